The minimum Gasteiger partial charge on any atom is -0.368 e. The highest BCUT2D eigenvalue weighted by Crippen LogP contribution is 2.15. The number of carbonyl (C=O) groups is 2. The quantitative estimate of drug-likeness (QED) is 0.439. The molecule has 1 aliphatic rings. The number of anilines is 1. The van der Waals surface area contributed by atoms with Crippen molar-refractivity contribution in [1.82, 2.24) is 20.3 Å². The average Bonchev–Trinajstić information content (AvgIpc) is 2.76. The Labute approximate surface area is 174 Å². The number of halogens is 1. The van der Waals surface area contributed by atoms with Crippen molar-refractivity contribution in [3.05, 3.63) is 66.3 Å². The number of carbonyl (C=O) groups excluding carboxylic acids is 2. The summed E-state index contributed by atoms with van der Waals surface area (Å²) in [6.45, 7) is 2.85. The molecule has 0 bridgehead atoms. The Balaban J connectivity index is 0.00000300. The Morgan fingerprint density at radius 2 is 1.59 bits per heavy atom. The highest BCUT2D eigenvalue weighted by Gasteiger charge is 2.19. The average molecular weight is 416 g/mol. The molecule has 8 nitrogen and oxygen atoms in total. The SMILES string of the molecule is Cl.O=C(C=Cc1cccc(C=CC(=O)N2CCN(c3ccncc3)CC2)n1)NO. The molecule has 1 aliphatic heterocycles. The lowest BCUT2D eigenvalue weighted by molar-refractivity contribution is -0.126. The second-order valence-corrected chi connectivity index (χ2v) is 6.15. The molecule has 1 saturated heterocycles. The van der Waals surface area contributed by atoms with Crippen LogP contribution in [-0.4, -0.2) is 58.1 Å². The molecule has 9 heteroatoms. The predicted octanol–water partition coefficient (Wildman–Crippen LogP) is 1.78. The molecule has 0 radical (unpaired) electrons. The van der Waals surface area contributed by atoms with E-state index >= 15 is 0 Å². The van der Waals surface area contributed by atoms with Gasteiger partial charge in [-0.2, -0.15) is 0 Å². The van der Waals surface area contributed by atoms with E-state index in [2.05, 4.69) is 14.9 Å². The number of nitrogens with one attached hydrogen (secondary N) is 1. The molecule has 2 N–H and O–H groups in total. The van der Waals surface area contributed by atoms with Crippen molar-refractivity contribution in [3.8, 4) is 0 Å². The monoisotopic (exact) mass is 415 g/mol. The van der Waals surface area contributed by atoms with Crippen LogP contribution in [0.15, 0.2) is 54.9 Å². The maximum atomic E-state index is 12.4. The van der Waals surface area contributed by atoms with Crippen LogP contribution in [0.5, 0.6) is 0 Å². The van der Waals surface area contributed by atoms with E-state index < -0.39 is 5.91 Å². The Bertz CT molecular complexity index is 881. The van der Waals surface area contributed by atoms with Gasteiger partial charge in [-0.3, -0.25) is 19.8 Å². The first-order chi connectivity index (χ1) is 13.7. The lowest BCUT2D eigenvalue weighted by atomic mass is 10.2. The zero-order chi connectivity index (χ0) is 19.8. The molecule has 152 valence electrons. The highest BCUT2D eigenvalue weighted by atomic mass is 35.5. The first-order valence-corrected chi connectivity index (χ1v) is 8.87. The second-order valence-electron chi connectivity index (χ2n) is 6.15. The first kappa shape index (κ1) is 22.1. The fraction of sp³-hybridized carbons (Fsp3) is 0.200. The van der Waals surface area contributed by atoms with Gasteiger partial charge in [-0.15, -0.1) is 12.4 Å². The Morgan fingerprint density at radius 1 is 0.966 bits per heavy atom. The lowest BCUT2D eigenvalue weighted by Crippen LogP contribution is -2.48. The summed E-state index contributed by atoms with van der Waals surface area (Å²) in [7, 11) is 0. The van der Waals surface area contributed by atoms with E-state index in [1.54, 1.807) is 36.7 Å². The summed E-state index contributed by atoms with van der Waals surface area (Å²) in [4.78, 5) is 35.9. The van der Waals surface area contributed by atoms with Crippen molar-refractivity contribution in [2.45, 2.75) is 0 Å². The van der Waals surface area contributed by atoms with Gasteiger partial charge in [-0.05, 0) is 36.4 Å². The van der Waals surface area contributed by atoms with Crippen molar-refractivity contribution in [2.24, 2.45) is 0 Å². The van der Waals surface area contributed by atoms with E-state index in [1.165, 1.54) is 23.7 Å². The molecule has 29 heavy (non-hydrogen) atoms. The number of nitrogens with zero attached hydrogens (tertiary/aromatic N) is 4. The summed E-state index contributed by atoms with van der Waals surface area (Å²) >= 11 is 0. The molecule has 0 aliphatic carbocycles. The summed E-state index contributed by atoms with van der Waals surface area (Å²) in [6.07, 6.45) is 9.34. The Kier molecular flexibility index (Phi) is 8.32. The van der Waals surface area contributed by atoms with Crippen LogP contribution in [0.1, 0.15) is 11.4 Å². The van der Waals surface area contributed by atoms with E-state index in [0.29, 0.717) is 24.5 Å². The van der Waals surface area contributed by atoms with Gasteiger partial charge in [-0.1, -0.05) is 6.07 Å². The normalized spacial score (nSPS) is 14.1. The number of hydrogen-bond acceptors (Lipinski definition) is 6. The van der Waals surface area contributed by atoms with Crippen LogP contribution < -0.4 is 10.4 Å². The zero-order valence-corrected chi connectivity index (χ0v) is 16.5. The molecule has 0 aromatic carbocycles. The zero-order valence-electron chi connectivity index (χ0n) is 15.6. The first-order valence-electron chi connectivity index (χ1n) is 8.87. The van der Waals surface area contributed by atoms with E-state index in [-0.39, 0.29) is 18.3 Å². The van der Waals surface area contributed by atoms with Crippen LogP contribution in [0, 0.1) is 0 Å². The molecule has 0 saturated carbocycles. The van der Waals surface area contributed by atoms with Gasteiger partial charge in [0.2, 0.25) is 5.91 Å². The summed E-state index contributed by atoms with van der Waals surface area (Å²) in [5.74, 6) is -0.694. The third-order valence-corrected chi connectivity index (χ3v) is 4.32. The molecule has 2 amide bonds. The van der Waals surface area contributed by atoms with E-state index in [4.69, 9.17) is 5.21 Å². The van der Waals surface area contributed by atoms with Crippen molar-refractivity contribution >= 4 is 42.1 Å². The number of hydrogen-bond donors (Lipinski definition) is 2. The molecule has 2 aromatic heterocycles. The molecular weight excluding hydrogens is 394 g/mol. The number of hydroxylamine groups is 1. The third kappa shape index (κ3) is 6.41. The van der Waals surface area contributed by atoms with Crippen LogP contribution in [0.25, 0.3) is 12.2 Å². The van der Waals surface area contributed by atoms with E-state index in [1.807, 2.05) is 17.0 Å². The minimum atomic E-state index is -0.635. The van der Waals surface area contributed by atoms with E-state index in [9.17, 15) is 9.59 Å². The fourth-order valence-electron chi connectivity index (χ4n) is 2.85. The van der Waals surface area contributed by atoms with Gasteiger partial charge in [0, 0.05) is 56.4 Å². The summed E-state index contributed by atoms with van der Waals surface area (Å²) in [5, 5.41) is 8.49. The van der Waals surface area contributed by atoms with Crippen LogP contribution in [0.4, 0.5) is 5.69 Å². The molecule has 0 unspecified atom stereocenters. The molecule has 3 heterocycles. The van der Waals surface area contributed by atoms with E-state index in [0.717, 1.165) is 18.8 Å². The summed E-state index contributed by atoms with van der Waals surface area (Å²) in [6, 6.07) is 9.21. The third-order valence-electron chi connectivity index (χ3n) is 4.32. The second kappa shape index (κ2) is 10.9. The molecule has 0 spiro atoms. The van der Waals surface area contributed by atoms with Crippen molar-refractivity contribution < 1.29 is 14.8 Å². The summed E-state index contributed by atoms with van der Waals surface area (Å²) in [5.41, 5.74) is 3.78. The predicted molar refractivity (Wildman–Crippen MR) is 113 cm³/mol. The molecule has 2 aromatic rings. The van der Waals surface area contributed by atoms with Crippen LogP contribution in [-0.2, 0) is 9.59 Å². The van der Waals surface area contributed by atoms with Gasteiger partial charge >= 0.3 is 0 Å². The molecule has 0 atom stereocenters. The van der Waals surface area contributed by atoms with Gasteiger partial charge in [0.25, 0.3) is 5.91 Å². The van der Waals surface area contributed by atoms with Crippen LogP contribution >= 0.6 is 12.4 Å². The number of aromatic nitrogens is 2. The number of amides is 2. The van der Waals surface area contributed by atoms with Gasteiger partial charge in [-0.25, -0.2) is 10.5 Å². The standard InChI is InChI=1S/C20H21N5O3.ClH/c26-19(23-28)6-4-16-2-1-3-17(22-16)5-7-20(27)25-14-12-24(13-15-25)18-8-10-21-11-9-18;/h1-11,28H,12-15H2,(H,23,26);1H. The lowest BCUT2D eigenvalue weighted by Gasteiger charge is -2.35. The Morgan fingerprint density at radius 3 is 2.21 bits per heavy atom. The largest absolute Gasteiger partial charge is 0.368 e. The van der Waals surface area contributed by atoms with Gasteiger partial charge in [0.15, 0.2) is 0 Å². The maximum absolute atomic E-state index is 12.4. The van der Waals surface area contributed by atoms with Gasteiger partial charge < -0.3 is 9.80 Å². The minimum absolute atomic E-state index is 0. The highest BCUT2D eigenvalue weighted by molar-refractivity contribution is 5.92. The molecular formula is C20H22ClN5O3. The number of rotatable bonds is 5. The fourth-order valence-corrected chi connectivity index (χ4v) is 2.85. The smallest absolute Gasteiger partial charge is 0.267 e. The number of piperazine rings is 1. The topological polar surface area (TPSA) is 98.7 Å². The van der Waals surface area contributed by atoms with Crippen molar-refractivity contribution in [3.63, 3.8) is 0 Å². The van der Waals surface area contributed by atoms with Crippen molar-refractivity contribution in [1.29, 1.82) is 0 Å². The van der Waals surface area contributed by atoms with Crippen LogP contribution in [0.3, 0.4) is 0 Å². The molecule has 3 rings (SSSR count). The van der Waals surface area contributed by atoms with Crippen LogP contribution in [0.2, 0.25) is 0 Å². The maximum Gasteiger partial charge on any atom is 0.267 e. The van der Waals surface area contributed by atoms with Gasteiger partial charge in [0.1, 0.15) is 0 Å². The number of pyridine rings is 2. The Hall–Kier alpha value is -3.23. The van der Waals surface area contributed by atoms with Crippen molar-refractivity contribution in [2.75, 3.05) is 31.1 Å². The summed E-state index contributed by atoms with van der Waals surface area (Å²) < 4.78 is 0. The van der Waals surface area contributed by atoms with Gasteiger partial charge in [0.05, 0.1) is 11.4 Å². The molecule has 1 fully saturated rings.